The molecule has 0 amide bonds. The van der Waals surface area contributed by atoms with Crippen LogP contribution in [0.4, 0.5) is 0 Å². The molecule has 0 unspecified atom stereocenters. The van der Waals surface area contributed by atoms with Crippen LogP contribution in [0.15, 0.2) is 41.0 Å². The van der Waals surface area contributed by atoms with Crippen molar-refractivity contribution in [2.24, 2.45) is 0 Å². The lowest BCUT2D eigenvalue weighted by molar-refractivity contribution is 0.0983. The average molecular weight is 341 g/mol. The van der Waals surface area contributed by atoms with Crippen LogP contribution in [0, 0.1) is 0 Å². The van der Waals surface area contributed by atoms with E-state index in [0.29, 0.717) is 28.6 Å². The summed E-state index contributed by atoms with van der Waals surface area (Å²) in [4.78, 5) is 15.5. The number of ether oxygens (including phenoxy) is 1. The molecule has 0 aliphatic carbocycles. The SMILES string of the molecule is CCC(=O)c1ccc(Oc2ccc(Br)cc2Cl)cn1. The number of halogens is 2. The third-order valence-corrected chi connectivity index (χ3v) is 3.25. The van der Waals surface area contributed by atoms with E-state index in [1.807, 2.05) is 6.07 Å². The lowest BCUT2D eigenvalue weighted by Gasteiger charge is -2.07. The third kappa shape index (κ3) is 3.55. The van der Waals surface area contributed by atoms with Crippen molar-refractivity contribution in [2.45, 2.75) is 13.3 Å². The van der Waals surface area contributed by atoms with Crippen molar-refractivity contribution >= 4 is 33.3 Å². The lowest BCUT2D eigenvalue weighted by atomic mass is 10.2. The minimum absolute atomic E-state index is 0.00761. The van der Waals surface area contributed by atoms with E-state index in [0.717, 1.165) is 4.47 Å². The van der Waals surface area contributed by atoms with Crippen LogP contribution in [0.5, 0.6) is 11.5 Å². The van der Waals surface area contributed by atoms with E-state index in [9.17, 15) is 4.79 Å². The largest absolute Gasteiger partial charge is 0.454 e. The Kier molecular flexibility index (Phi) is 4.56. The lowest BCUT2D eigenvalue weighted by Crippen LogP contribution is -1.99. The molecule has 5 heteroatoms. The predicted molar refractivity (Wildman–Crippen MR) is 78.1 cm³/mol. The number of carbonyl (C=O) groups is 1. The van der Waals surface area contributed by atoms with E-state index >= 15 is 0 Å². The van der Waals surface area contributed by atoms with Gasteiger partial charge < -0.3 is 4.74 Å². The number of rotatable bonds is 4. The smallest absolute Gasteiger partial charge is 0.180 e. The fourth-order valence-corrected chi connectivity index (χ4v) is 2.18. The normalized spacial score (nSPS) is 10.3. The summed E-state index contributed by atoms with van der Waals surface area (Å²) >= 11 is 9.38. The Balaban J connectivity index is 2.17. The van der Waals surface area contributed by atoms with Gasteiger partial charge in [-0.3, -0.25) is 4.79 Å². The van der Waals surface area contributed by atoms with Crippen LogP contribution in [-0.2, 0) is 0 Å². The number of carbonyl (C=O) groups excluding carboxylic acids is 1. The van der Waals surface area contributed by atoms with Gasteiger partial charge in [-0.2, -0.15) is 0 Å². The molecule has 0 saturated heterocycles. The van der Waals surface area contributed by atoms with Crippen molar-refractivity contribution < 1.29 is 9.53 Å². The van der Waals surface area contributed by atoms with E-state index in [4.69, 9.17) is 16.3 Å². The minimum Gasteiger partial charge on any atom is -0.454 e. The molecular weight excluding hydrogens is 330 g/mol. The Bertz CT molecular complexity index is 599. The molecule has 0 atom stereocenters. The number of hydrogen-bond acceptors (Lipinski definition) is 3. The molecule has 0 aliphatic rings. The summed E-state index contributed by atoms with van der Waals surface area (Å²) in [5.41, 5.74) is 0.441. The van der Waals surface area contributed by atoms with Gasteiger partial charge in [0.1, 0.15) is 17.2 Å². The molecule has 0 N–H and O–H groups in total. The third-order valence-electron chi connectivity index (χ3n) is 2.46. The summed E-state index contributed by atoms with van der Waals surface area (Å²) in [7, 11) is 0. The van der Waals surface area contributed by atoms with E-state index in [1.54, 1.807) is 31.2 Å². The van der Waals surface area contributed by atoms with Gasteiger partial charge >= 0.3 is 0 Å². The van der Waals surface area contributed by atoms with Crippen LogP contribution >= 0.6 is 27.5 Å². The fourth-order valence-electron chi connectivity index (χ4n) is 1.47. The number of hydrogen-bond donors (Lipinski definition) is 0. The monoisotopic (exact) mass is 339 g/mol. The molecule has 3 nitrogen and oxygen atoms in total. The van der Waals surface area contributed by atoms with E-state index in [-0.39, 0.29) is 5.78 Å². The molecule has 2 aromatic rings. The second-order valence-corrected chi connectivity index (χ2v) is 5.16. The molecule has 0 aliphatic heterocycles. The Morgan fingerprint density at radius 2 is 2.16 bits per heavy atom. The van der Waals surface area contributed by atoms with Gasteiger partial charge in [-0.15, -0.1) is 0 Å². The van der Waals surface area contributed by atoms with Crippen molar-refractivity contribution in [2.75, 3.05) is 0 Å². The molecule has 0 spiro atoms. The maximum Gasteiger partial charge on any atom is 0.180 e. The van der Waals surface area contributed by atoms with Crippen LogP contribution in [-0.4, -0.2) is 10.8 Å². The second kappa shape index (κ2) is 6.17. The minimum atomic E-state index is 0.00761. The molecule has 19 heavy (non-hydrogen) atoms. The fraction of sp³-hybridized carbons (Fsp3) is 0.143. The summed E-state index contributed by atoms with van der Waals surface area (Å²) in [5.74, 6) is 1.09. The predicted octanol–water partition coefficient (Wildman–Crippen LogP) is 4.88. The summed E-state index contributed by atoms with van der Waals surface area (Å²) < 4.78 is 6.49. The maximum atomic E-state index is 11.4. The molecule has 98 valence electrons. The number of Topliss-reactive ketones (excluding diaryl/α,β-unsaturated/α-hetero) is 1. The van der Waals surface area contributed by atoms with Crippen LogP contribution in [0.3, 0.4) is 0 Å². The highest BCUT2D eigenvalue weighted by molar-refractivity contribution is 9.10. The molecule has 1 aromatic carbocycles. The van der Waals surface area contributed by atoms with Crippen molar-refractivity contribution in [3.8, 4) is 11.5 Å². The maximum absolute atomic E-state index is 11.4. The molecular formula is C14H11BrClNO2. The Morgan fingerprint density at radius 3 is 2.74 bits per heavy atom. The van der Waals surface area contributed by atoms with Crippen molar-refractivity contribution in [3.63, 3.8) is 0 Å². The first-order valence-electron chi connectivity index (χ1n) is 5.72. The number of aromatic nitrogens is 1. The molecule has 1 heterocycles. The molecule has 2 rings (SSSR count). The van der Waals surface area contributed by atoms with Gasteiger partial charge in [0.15, 0.2) is 5.78 Å². The number of benzene rings is 1. The highest BCUT2D eigenvalue weighted by atomic mass is 79.9. The van der Waals surface area contributed by atoms with Gasteiger partial charge in [-0.25, -0.2) is 4.98 Å². The van der Waals surface area contributed by atoms with E-state index in [1.165, 1.54) is 6.20 Å². The zero-order valence-corrected chi connectivity index (χ0v) is 12.5. The highest BCUT2D eigenvalue weighted by Crippen LogP contribution is 2.31. The van der Waals surface area contributed by atoms with E-state index < -0.39 is 0 Å². The van der Waals surface area contributed by atoms with Crippen molar-refractivity contribution in [1.82, 2.24) is 4.98 Å². The van der Waals surface area contributed by atoms with Gasteiger partial charge in [0, 0.05) is 10.9 Å². The van der Waals surface area contributed by atoms with Gasteiger partial charge in [-0.1, -0.05) is 34.5 Å². The summed E-state index contributed by atoms with van der Waals surface area (Å²) in [6.07, 6.45) is 1.95. The van der Waals surface area contributed by atoms with Crippen LogP contribution < -0.4 is 4.74 Å². The van der Waals surface area contributed by atoms with Crippen LogP contribution in [0.2, 0.25) is 5.02 Å². The summed E-state index contributed by atoms with van der Waals surface area (Å²) in [5, 5.41) is 0.503. The highest BCUT2D eigenvalue weighted by Gasteiger charge is 2.07. The zero-order valence-electron chi connectivity index (χ0n) is 10.2. The first-order valence-corrected chi connectivity index (χ1v) is 6.89. The first kappa shape index (κ1) is 14.0. The van der Waals surface area contributed by atoms with Gasteiger partial charge in [0.05, 0.1) is 11.2 Å². The number of ketones is 1. The summed E-state index contributed by atoms with van der Waals surface area (Å²) in [6, 6.07) is 8.70. The van der Waals surface area contributed by atoms with Crippen LogP contribution in [0.25, 0.3) is 0 Å². The van der Waals surface area contributed by atoms with Crippen molar-refractivity contribution in [1.29, 1.82) is 0 Å². The molecule has 0 bridgehead atoms. The molecule has 0 radical (unpaired) electrons. The molecule has 0 fully saturated rings. The van der Waals surface area contributed by atoms with Crippen molar-refractivity contribution in [3.05, 3.63) is 51.7 Å². The standard InChI is InChI=1S/C14H11BrClNO2/c1-2-13(18)12-5-4-10(8-17-12)19-14-6-3-9(15)7-11(14)16/h3-8H,2H2,1H3. The quantitative estimate of drug-likeness (QED) is 0.744. The number of pyridine rings is 1. The Labute approximate surface area is 124 Å². The Hall–Kier alpha value is -1.39. The first-order chi connectivity index (χ1) is 9.10. The molecule has 1 aromatic heterocycles. The summed E-state index contributed by atoms with van der Waals surface area (Å²) in [6.45, 7) is 1.80. The van der Waals surface area contributed by atoms with Gasteiger partial charge in [0.25, 0.3) is 0 Å². The Morgan fingerprint density at radius 1 is 1.37 bits per heavy atom. The van der Waals surface area contributed by atoms with Gasteiger partial charge in [0.2, 0.25) is 0 Å². The molecule has 0 saturated carbocycles. The topological polar surface area (TPSA) is 39.2 Å². The second-order valence-electron chi connectivity index (χ2n) is 3.83. The van der Waals surface area contributed by atoms with E-state index in [2.05, 4.69) is 20.9 Å². The van der Waals surface area contributed by atoms with Gasteiger partial charge in [-0.05, 0) is 30.3 Å². The average Bonchev–Trinajstić information content (AvgIpc) is 2.42. The number of nitrogens with zero attached hydrogens (tertiary/aromatic N) is 1. The zero-order chi connectivity index (χ0) is 13.8. The van der Waals surface area contributed by atoms with Crippen LogP contribution in [0.1, 0.15) is 23.8 Å².